The van der Waals surface area contributed by atoms with Crippen molar-refractivity contribution in [2.24, 2.45) is 5.41 Å². The average molecular weight is 244 g/mol. The van der Waals surface area contributed by atoms with Crippen LogP contribution in [0.2, 0.25) is 0 Å². The first-order chi connectivity index (χ1) is 7.81. The van der Waals surface area contributed by atoms with E-state index in [2.05, 4.69) is 4.74 Å². The third kappa shape index (κ3) is 3.43. The van der Waals surface area contributed by atoms with Crippen LogP contribution >= 0.6 is 0 Å². The molecule has 0 aromatic carbocycles. The topological polar surface area (TPSA) is 72.8 Å². The fourth-order valence-electron chi connectivity index (χ4n) is 2.42. The van der Waals surface area contributed by atoms with Crippen LogP contribution in [0.5, 0.6) is 0 Å². The van der Waals surface area contributed by atoms with E-state index in [0.717, 1.165) is 0 Å². The number of aliphatic carboxylic acids is 1. The van der Waals surface area contributed by atoms with Gasteiger partial charge in [-0.25, -0.2) is 0 Å². The van der Waals surface area contributed by atoms with Gasteiger partial charge in [0.05, 0.1) is 18.1 Å². The second-order valence-corrected chi connectivity index (χ2v) is 5.20. The Kier molecular flexibility index (Phi) is 4.14. The summed E-state index contributed by atoms with van der Waals surface area (Å²) in [6.07, 6.45) is 1.32. The van der Waals surface area contributed by atoms with Crippen LogP contribution in [0.15, 0.2) is 0 Å². The highest BCUT2D eigenvalue weighted by atomic mass is 16.5. The van der Waals surface area contributed by atoms with E-state index in [9.17, 15) is 14.7 Å². The monoisotopic (exact) mass is 244 g/mol. The van der Waals surface area contributed by atoms with Crippen LogP contribution in [0.3, 0.4) is 0 Å². The summed E-state index contributed by atoms with van der Waals surface area (Å²) in [5.74, 6) is -1.22. The SMILES string of the molecule is COC(=O)CC[C@]1(C(=O)O)CCOC(C)(C)C1. The van der Waals surface area contributed by atoms with Crippen LogP contribution in [0.4, 0.5) is 0 Å². The smallest absolute Gasteiger partial charge is 0.309 e. The van der Waals surface area contributed by atoms with Crippen molar-refractivity contribution in [3.63, 3.8) is 0 Å². The molecule has 1 fully saturated rings. The second-order valence-electron chi connectivity index (χ2n) is 5.20. The highest BCUT2D eigenvalue weighted by Gasteiger charge is 2.46. The molecule has 1 aliphatic rings. The van der Waals surface area contributed by atoms with E-state index in [0.29, 0.717) is 25.9 Å². The van der Waals surface area contributed by atoms with E-state index in [1.54, 1.807) is 0 Å². The largest absolute Gasteiger partial charge is 0.481 e. The van der Waals surface area contributed by atoms with Crippen LogP contribution in [0.25, 0.3) is 0 Å². The highest BCUT2D eigenvalue weighted by Crippen LogP contribution is 2.42. The average Bonchev–Trinajstić information content (AvgIpc) is 2.24. The molecule has 5 nitrogen and oxygen atoms in total. The van der Waals surface area contributed by atoms with E-state index >= 15 is 0 Å². The molecule has 0 unspecified atom stereocenters. The summed E-state index contributed by atoms with van der Waals surface area (Å²) in [5, 5.41) is 9.40. The fourth-order valence-corrected chi connectivity index (χ4v) is 2.42. The fraction of sp³-hybridized carbons (Fsp3) is 0.833. The first-order valence-electron chi connectivity index (χ1n) is 5.75. The Hall–Kier alpha value is -1.10. The van der Waals surface area contributed by atoms with Gasteiger partial charge in [0.15, 0.2) is 0 Å². The van der Waals surface area contributed by atoms with Gasteiger partial charge in [-0.1, -0.05) is 0 Å². The molecule has 0 aromatic rings. The van der Waals surface area contributed by atoms with Crippen molar-refractivity contribution >= 4 is 11.9 Å². The number of rotatable bonds is 4. The molecule has 1 heterocycles. The van der Waals surface area contributed by atoms with Crippen molar-refractivity contribution in [1.29, 1.82) is 0 Å². The van der Waals surface area contributed by atoms with Gasteiger partial charge in [0.1, 0.15) is 0 Å². The third-order valence-electron chi connectivity index (χ3n) is 3.33. The number of hydrogen-bond donors (Lipinski definition) is 1. The van der Waals surface area contributed by atoms with Crippen LogP contribution in [-0.4, -0.2) is 36.4 Å². The summed E-state index contributed by atoms with van der Waals surface area (Å²) in [6, 6.07) is 0. The Labute approximate surface area is 101 Å². The van der Waals surface area contributed by atoms with Crippen LogP contribution in [0, 0.1) is 5.41 Å². The molecule has 0 amide bonds. The lowest BCUT2D eigenvalue weighted by Gasteiger charge is -2.42. The molecule has 0 bridgehead atoms. The van der Waals surface area contributed by atoms with Crippen LogP contribution < -0.4 is 0 Å². The molecule has 1 aliphatic heterocycles. The van der Waals surface area contributed by atoms with E-state index in [1.165, 1.54) is 7.11 Å². The van der Waals surface area contributed by atoms with Crippen molar-refractivity contribution in [2.75, 3.05) is 13.7 Å². The van der Waals surface area contributed by atoms with Gasteiger partial charge in [-0.05, 0) is 33.1 Å². The number of hydrogen-bond acceptors (Lipinski definition) is 4. The molecular formula is C12H20O5. The molecule has 0 saturated carbocycles. The molecule has 98 valence electrons. The maximum Gasteiger partial charge on any atom is 0.309 e. The molecule has 5 heteroatoms. The Bertz CT molecular complexity index is 310. The Morgan fingerprint density at radius 3 is 2.53 bits per heavy atom. The lowest BCUT2D eigenvalue weighted by Crippen LogP contribution is -2.46. The normalized spacial score (nSPS) is 27.5. The third-order valence-corrected chi connectivity index (χ3v) is 3.33. The lowest BCUT2D eigenvalue weighted by molar-refractivity contribution is -0.169. The number of esters is 1. The van der Waals surface area contributed by atoms with Gasteiger partial charge >= 0.3 is 11.9 Å². The Morgan fingerprint density at radius 2 is 2.06 bits per heavy atom. The zero-order valence-corrected chi connectivity index (χ0v) is 10.6. The number of carbonyl (C=O) groups excluding carboxylic acids is 1. The summed E-state index contributed by atoms with van der Waals surface area (Å²) >= 11 is 0. The Morgan fingerprint density at radius 1 is 1.41 bits per heavy atom. The minimum absolute atomic E-state index is 0.138. The summed E-state index contributed by atoms with van der Waals surface area (Å²) in [5.41, 5.74) is -1.32. The number of carboxylic acid groups (broad SMARTS) is 1. The summed E-state index contributed by atoms with van der Waals surface area (Å²) in [6.45, 7) is 4.17. The van der Waals surface area contributed by atoms with Gasteiger partial charge in [-0.15, -0.1) is 0 Å². The molecule has 0 aliphatic carbocycles. The van der Waals surface area contributed by atoms with Crippen molar-refractivity contribution < 1.29 is 24.2 Å². The standard InChI is InChI=1S/C12H20O5/c1-11(2)8-12(10(14)15,6-7-17-11)5-4-9(13)16-3/h4-8H2,1-3H3,(H,14,15)/t12-/m0/s1. The van der Waals surface area contributed by atoms with E-state index in [-0.39, 0.29) is 12.4 Å². The number of ether oxygens (including phenoxy) is 2. The first-order valence-corrected chi connectivity index (χ1v) is 5.75. The molecule has 0 radical (unpaired) electrons. The summed E-state index contributed by atoms with van der Waals surface area (Å²) < 4.78 is 10.1. The molecule has 1 rings (SSSR count). The van der Waals surface area contributed by atoms with Gasteiger partial charge in [0, 0.05) is 13.0 Å². The van der Waals surface area contributed by atoms with Crippen molar-refractivity contribution in [3.05, 3.63) is 0 Å². The Balaban J connectivity index is 2.75. The molecule has 17 heavy (non-hydrogen) atoms. The van der Waals surface area contributed by atoms with Crippen LogP contribution in [0.1, 0.15) is 39.5 Å². The van der Waals surface area contributed by atoms with Crippen molar-refractivity contribution in [3.8, 4) is 0 Å². The zero-order valence-electron chi connectivity index (χ0n) is 10.6. The first kappa shape index (κ1) is 14.0. The maximum atomic E-state index is 11.5. The van der Waals surface area contributed by atoms with Gasteiger partial charge in [0.2, 0.25) is 0 Å². The minimum atomic E-state index is -0.865. The number of carboxylic acids is 1. The molecule has 0 aromatic heterocycles. The van der Waals surface area contributed by atoms with E-state index < -0.39 is 17.0 Å². The van der Waals surface area contributed by atoms with Gasteiger partial charge in [-0.3, -0.25) is 9.59 Å². The van der Waals surface area contributed by atoms with Crippen molar-refractivity contribution in [1.82, 2.24) is 0 Å². The molecule has 1 N–H and O–H groups in total. The molecule has 1 atom stereocenters. The van der Waals surface area contributed by atoms with E-state index in [1.807, 2.05) is 13.8 Å². The molecule has 1 saturated heterocycles. The summed E-state index contributed by atoms with van der Waals surface area (Å²) in [7, 11) is 1.31. The van der Waals surface area contributed by atoms with Gasteiger partial charge < -0.3 is 14.6 Å². The highest BCUT2D eigenvalue weighted by molar-refractivity contribution is 5.76. The minimum Gasteiger partial charge on any atom is -0.481 e. The van der Waals surface area contributed by atoms with Crippen LogP contribution in [-0.2, 0) is 19.1 Å². The number of carbonyl (C=O) groups is 2. The summed E-state index contributed by atoms with van der Waals surface area (Å²) in [4.78, 5) is 22.6. The zero-order chi connectivity index (χ0) is 13.1. The predicted octanol–water partition coefficient (Wildman–Crippen LogP) is 1.60. The lowest BCUT2D eigenvalue weighted by atomic mass is 9.71. The molecular weight excluding hydrogens is 224 g/mol. The van der Waals surface area contributed by atoms with Gasteiger partial charge in [-0.2, -0.15) is 0 Å². The predicted molar refractivity (Wildman–Crippen MR) is 60.6 cm³/mol. The number of methoxy groups -OCH3 is 1. The van der Waals surface area contributed by atoms with Crippen molar-refractivity contribution in [2.45, 2.75) is 45.1 Å². The second kappa shape index (κ2) is 5.04. The van der Waals surface area contributed by atoms with Gasteiger partial charge in [0.25, 0.3) is 0 Å². The van der Waals surface area contributed by atoms with E-state index in [4.69, 9.17) is 4.74 Å². The quantitative estimate of drug-likeness (QED) is 0.760. The molecule has 0 spiro atoms. The maximum absolute atomic E-state index is 11.5.